The third kappa shape index (κ3) is 3.14. The third-order valence-electron chi connectivity index (χ3n) is 4.34. The van der Waals surface area contributed by atoms with Crippen LogP contribution >= 0.6 is 0 Å². The molecule has 1 aliphatic heterocycles. The number of para-hydroxylation sites is 1. The molecule has 0 saturated carbocycles. The van der Waals surface area contributed by atoms with Crippen LogP contribution < -0.4 is 5.32 Å². The lowest BCUT2D eigenvalue weighted by Crippen LogP contribution is -2.26. The number of fused-ring (bicyclic) bond motifs is 1. The lowest BCUT2D eigenvalue weighted by molar-refractivity contribution is 0.330. The first-order chi connectivity index (χ1) is 11.4. The van der Waals surface area contributed by atoms with E-state index in [9.17, 15) is 0 Å². The van der Waals surface area contributed by atoms with Gasteiger partial charge in [-0.1, -0.05) is 18.2 Å². The lowest BCUT2D eigenvalue weighted by Gasteiger charge is -2.18. The fourth-order valence-electron chi connectivity index (χ4n) is 3.21. The standard InChI is InChI=1S/C18H19N5/c1-2-4-17-16(3-1)14(5-9-20-17)11-23-10-7-15(12-23)22-18-6-8-19-13-21-18/h1-6,8-9,13,15H,7,10-12H2,(H,19,21,22). The number of nitrogens with zero attached hydrogens (tertiary/aromatic N) is 4. The van der Waals surface area contributed by atoms with Gasteiger partial charge in [-0.15, -0.1) is 0 Å². The zero-order valence-electron chi connectivity index (χ0n) is 12.9. The maximum atomic E-state index is 4.44. The van der Waals surface area contributed by atoms with Crippen LogP contribution in [0.5, 0.6) is 0 Å². The first-order valence-electron chi connectivity index (χ1n) is 7.96. The number of anilines is 1. The van der Waals surface area contributed by atoms with Crippen molar-refractivity contribution in [3.8, 4) is 0 Å². The summed E-state index contributed by atoms with van der Waals surface area (Å²) >= 11 is 0. The van der Waals surface area contributed by atoms with Crippen molar-refractivity contribution in [1.82, 2.24) is 19.9 Å². The van der Waals surface area contributed by atoms with Crippen LogP contribution in [-0.2, 0) is 6.54 Å². The maximum absolute atomic E-state index is 4.44. The fourth-order valence-corrected chi connectivity index (χ4v) is 3.21. The number of aromatic nitrogens is 3. The predicted molar refractivity (Wildman–Crippen MR) is 91.1 cm³/mol. The first-order valence-corrected chi connectivity index (χ1v) is 7.96. The Hall–Kier alpha value is -2.53. The molecule has 1 fully saturated rings. The SMILES string of the molecule is c1ccc2c(CN3CCC(Nc4ccncn4)C3)ccnc2c1. The van der Waals surface area contributed by atoms with Crippen LogP contribution in [-0.4, -0.2) is 39.0 Å². The van der Waals surface area contributed by atoms with Crippen molar-refractivity contribution < 1.29 is 0 Å². The van der Waals surface area contributed by atoms with E-state index in [-0.39, 0.29) is 0 Å². The molecular weight excluding hydrogens is 286 g/mol. The number of nitrogens with one attached hydrogen (secondary N) is 1. The van der Waals surface area contributed by atoms with Crippen molar-refractivity contribution in [2.24, 2.45) is 0 Å². The van der Waals surface area contributed by atoms with Crippen LogP contribution in [0.25, 0.3) is 10.9 Å². The molecular formula is C18H19N5. The van der Waals surface area contributed by atoms with Crippen molar-refractivity contribution in [3.05, 3.63) is 60.7 Å². The fraction of sp³-hybridized carbons (Fsp3) is 0.278. The summed E-state index contributed by atoms with van der Waals surface area (Å²) in [6.45, 7) is 3.09. The summed E-state index contributed by atoms with van der Waals surface area (Å²) in [5.74, 6) is 0.904. The summed E-state index contributed by atoms with van der Waals surface area (Å²) in [7, 11) is 0. The van der Waals surface area contributed by atoms with Gasteiger partial charge in [-0.3, -0.25) is 9.88 Å². The Kier molecular flexibility index (Phi) is 3.86. The number of hydrogen-bond donors (Lipinski definition) is 1. The van der Waals surface area contributed by atoms with Crippen LogP contribution in [0.2, 0.25) is 0 Å². The zero-order valence-corrected chi connectivity index (χ0v) is 12.9. The van der Waals surface area contributed by atoms with E-state index in [1.165, 1.54) is 10.9 Å². The van der Waals surface area contributed by atoms with E-state index in [0.29, 0.717) is 6.04 Å². The Bertz CT molecular complexity index is 784. The van der Waals surface area contributed by atoms with E-state index >= 15 is 0 Å². The highest BCUT2D eigenvalue weighted by atomic mass is 15.2. The minimum absolute atomic E-state index is 0.443. The van der Waals surface area contributed by atoms with Gasteiger partial charge in [0.15, 0.2) is 0 Å². The average Bonchev–Trinajstić information content (AvgIpc) is 3.03. The van der Waals surface area contributed by atoms with Crippen molar-refractivity contribution in [2.45, 2.75) is 19.0 Å². The van der Waals surface area contributed by atoms with Crippen molar-refractivity contribution >= 4 is 16.7 Å². The number of hydrogen-bond acceptors (Lipinski definition) is 5. The van der Waals surface area contributed by atoms with E-state index < -0.39 is 0 Å². The van der Waals surface area contributed by atoms with Crippen LogP contribution in [0.15, 0.2) is 55.1 Å². The molecule has 1 aliphatic rings. The molecule has 0 aliphatic carbocycles. The van der Waals surface area contributed by atoms with E-state index in [1.807, 2.05) is 18.3 Å². The Morgan fingerprint density at radius 1 is 1.09 bits per heavy atom. The highest BCUT2D eigenvalue weighted by molar-refractivity contribution is 5.81. The molecule has 0 spiro atoms. The maximum Gasteiger partial charge on any atom is 0.129 e. The monoisotopic (exact) mass is 305 g/mol. The number of rotatable bonds is 4. The summed E-state index contributed by atoms with van der Waals surface area (Å²) in [5.41, 5.74) is 2.41. The molecule has 2 aromatic heterocycles. The largest absolute Gasteiger partial charge is 0.366 e. The second-order valence-corrected chi connectivity index (χ2v) is 5.95. The quantitative estimate of drug-likeness (QED) is 0.803. The Balaban J connectivity index is 1.44. The normalized spacial score (nSPS) is 18.3. The Morgan fingerprint density at radius 2 is 2.04 bits per heavy atom. The lowest BCUT2D eigenvalue weighted by atomic mass is 10.1. The van der Waals surface area contributed by atoms with Crippen LogP contribution in [0, 0.1) is 0 Å². The topological polar surface area (TPSA) is 53.9 Å². The minimum atomic E-state index is 0.443. The summed E-state index contributed by atoms with van der Waals surface area (Å²) in [6, 6.07) is 12.8. The van der Waals surface area contributed by atoms with Gasteiger partial charge in [-0.25, -0.2) is 9.97 Å². The zero-order chi connectivity index (χ0) is 15.5. The van der Waals surface area contributed by atoms with Gasteiger partial charge in [0.1, 0.15) is 12.1 Å². The summed E-state index contributed by atoms with van der Waals surface area (Å²) in [6.07, 6.45) is 6.39. The number of likely N-dealkylation sites (tertiary alicyclic amines) is 1. The van der Waals surface area contributed by atoms with Crippen molar-refractivity contribution in [1.29, 1.82) is 0 Å². The highest BCUT2D eigenvalue weighted by Crippen LogP contribution is 2.21. The second-order valence-electron chi connectivity index (χ2n) is 5.95. The molecule has 0 bridgehead atoms. The molecule has 1 aromatic carbocycles. The van der Waals surface area contributed by atoms with Crippen LogP contribution in [0.3, 0.4) is 0 Å². The average molecular weight is 305 g/mol. The molecule has 5 heteroatoms. The summed E-state index contributed by atoms with van der Waals surface area (Å²) in [5, 5.41) is 4.74. The van der Waals surface area contributed by atoms with Gasteiger partial charge < -0.3 is 5.32 Å². The number of benzene rings is 1. The van der Waals surface area contributed by atoms with E-state index in [0.717, 1.165) is 37.4 Å². The smallest absolute Gasteiger partial charge is 0.129 e. The van der Waals surface area contributed by atoms with E-state index in [4.69, 9.17) is 0 Å². The Morgan fingerprint density at radius 3 is 2.96 bits per heavy atom. The molecule has 3 aromatic rings. The molecule has 0 amide bonds. The van der Waals surface area contributed by atoms with Gasteiger partial charge in [-0.05, 0) is 30.2 Å². The molecule has 1 atom stereocenters. The van der Waals surface area contributed by atoms with Gasteiger partial charge >= 0.3 is 0 Å². The second kappa shape index (κ2) is 6.30. The molecule has 1 unspecified atom stereocenters. The van der Waals surface area contributed by atoms with Crippen molar-refractivity contribution in [2.75, 3.05) is 18.4 Å². The van der Waals surface area contributed by atoms with E-state index in [1.54, 1.807) is 12.5 Å². The Labute approximate surface area is 135 Å². The van der Waals surface area contributed by atoms with Crippen molar-refractivity contribution in [3.63, 3.8) is 0 Å². The number of pyridine rings is 1. The molecule has 1 saturated heterocycles. The van der Waals surface area contributed by atoms with Gasteiger partial charge in [0.25, 0.3) is 0 Å². The summed E-state index contributed by atoms with van der Waals surface area (Å²) in [4.78, 5) is 15.1. The molecule has 5 nitrogen and oxygen atoms in total. The van der Waals surface area contributed by atoms with Crippen LogP contribution in [0.1, 0.15) is 12.0 Å². The molecule has 23 heavy (non-hydrogen) atoms. The third-order valence-corrected chi connectivity index (χ3v) is 4.34. The van der Waals surface area contributed by atoms with Gasteiger partial charge in [-0.2, -0.15) is 0 Å². The predicted octanol–water partition coefficient (Wildman–Crippen LogP) is 2.71. The molecule has 0 radical (unpaired) electrons. The first kappa shape index (κ1) is 14.1. The van der Waals surface area contributed by atoms with Gasteiger partial charge in [0.05, 0.1) is 5.52 Å². The van der Waals surface area contributed by atoms with Gasteiger partial charge in [0, 0.05) is 43.5 Å². The molecule has 116 valence electrons. The summed E-state index contributed by atoms with van der Waals surface area (Å²) < 4.78 is 0. The molecule has 3 heterocycles. The highest BCUT2D eigenvalue weighted by Gasteiger charge is 2.23. The van der Waals surface area contributed by atoms with Gasteiger partial charge in [0.2, 0.25) is 0 Å². The van der Waals surface area contributed by atoms with Crippen LogP contribution in [0.4, 0.5) is 5.82 Å². The van der Waals surface area contributed by atoms with E-state index in [2.05, 4.69) is 49.4 Å². The minimum Gasteiger partial charge on any atom is -0.366 e. The molecule has 4 rings (SSSR count). The molecule has 1 N–H and O–H groups in total.